The Balaban J connectivity index is 1.74. The van der Waals surface area contributed by atoms with Gasteiger partial charge in [0.1, 0.15) is 0 Å². The summed E-state index contributed by atoms with van der Waals surface area (Å²) < 4.78 is 12.2. The van der Waals surface area contributed by atoms with Crippen molar-refractivity contribution in [3.63, 3.8) is 0 Å². The van der Waals surface area contributed by atoms with E-state index in [0.717, 1.165) is 32.7 Å². The molecule has 4 heteroatoms. The summed E-state index contributed by atoms with van der Waals surface area (Å²) in [6, 6.07) is 8.37. The summed E-state index contributed by atoms with van der Waals surface area (Å²) in [5, 5.41) is 2.45. The number of aromatic nitrogens is 1. The Kier molecular flexibility index (Phi) is 4.11. The molecule has 1 aliphatic heterocycles. The molecule has 0 aliphatic carbocycles. The molecular weight excluding hydrogens is 253 g/mol. The SMILES string of the molecule is FCCCN1CCN(c2cncc3ccccc23)CC1. The van der Waals surface area contributed by atoms with Crippen molar-refractivity contribution in [2.24, 2.45) is 0 Å². The van der Waals surface area contributed by atoms with E-state index in [1.807, 2.05) is 18.5 Å². The number of halogens is 1. The summed E-state index contributed by atoms with van der Waals surface area (Å²) in [5.74, 6) is 0. The summed E-state index contributed by atoms with van der Waals surface area (Å²) >= 11 is 0. The van der Waals surface area contributed by atoms with E-state index < -0.39 is 0 Å². The largest absolute Gasteiger partial charge is 0.367 e. The highest BCUT2D eigenvalue weighted by Gasteiger charge is 2.18. The fourth-order valence-electron chi connectivity index (χ4n) is 2.85. The van der Waals surface area contributed by atoms with Gasteiger partial charge < -0.3 is 4.90 Å². The number of alkyl halides is 1. The van der Waals surface area contributed by atoms with Gasteiger partial charge in [0.25, 0.3) is 0 Å². The third kappa shape index (κ3) is 2.75. The predicted octanol–water partition coefficient (Wildman–Crippen LogP) is 2.72. The van der Waals surface area contributed by atoms with Crippen LogP contribution in [0.3, 0.4) is 0 Å². The van der Waals surface area contributed by atoms with Crippen LogP contribution < -0.4 is 4.90 Å². The maximum Gasteiger partial charge on any atom is 0.0906 e. The minimum absolute atomic E-state index is 0.215. The van der Waals surface area contributed by atoms with Gasteiger partial charge in [-0.1, -0.05) is 24.3 Å². The quantitative estimate of drug-likeness (QED) is 0.854. The Bertz CT molecular complexity index is 559. The topological polar surface area (TPSA) is 19.4 Å². The first-order valence-electron chi connectivity index (χ1n) is 7.24. The maximum absolute atomic E-state index is 12.2. The highest BCUT2D eigenvalue weighted by Crippen LogP contribution is 2.26. The Morgan fingerprint density at radius 3 is 2.65 bits per heavy atom. The molecule has 2 aromatic rings. The molecule has 1 fully saturated rings. The molecule has 0 unspecified atom stereocenters. The number of fused-ring (bicyclic) bond motifs is 1. The minimum Gasteiger partial charge on any atom is -0.367 e. The number of benzene rings is 1. The molecule has 0 N–H and O–H groups in total. The molecule has 0 atom stereocenters. The van der Waals surface area contributed by atoms with Gasteiger partial charge in [-0.15, -0.1) is 0 Å². The van der Waals surface area contributed by atoms with Crippen molar-refractivity contribution in [2.45, 2.75) is 6.42 Å². The Hall–Kier alpha value is -1.68. The molecule has 20 heavy (non-hydrogen) atoms. The monoisotopic (exact) mass is 273 g/mol. The molecule has 0 amide bonds. The van der Waals surface area contributed by atoms with Crippen LogP contribution in [0.1, 0.15) is 6.42 Å². The van der Waals surface area contributed by atoms with Crippen LogP contribution in [0.2, 0.25) is 0 Å². The fraction of sp³-hybridized carbons (Fsp3) is 0.438. The molecule has 0 radical (unpaired) electrons. The van der Waals surface area contributed by atoms with Crippen molar-refractivity contribution in [3.05, 3.63) is 36.7 Å². The second-order valence-electron chi connectivity index (χ2n) is 5.25. The van der Waals surface area contributed by atoms with Crippen LogP contribution in [0.5, 0.6) is 0 Å². The number of rotatable bonds is 4. The molecule has 106 valence electrons. The standard InChI is InChI=1S/C16H20FN3/c17-6-3-7-19-8-10-20(11-9-19)16-13-18-12-14-4-1-2-5-15(14)16/h1-2,4-5,12-13H,3,6-11H2. The van der Waals surface area contributed by atoms with Gasteiger partial charge >= 0.3 is 0 Å². The second kappa shape index (κ2) is 6.18. The lowest BCUT2D eigenvalue weighted by molar-refractivity contribution is 0.245. The van der Waals surface area contributed by atoms with Gasteiger partial charge in [0.2, 0.25) is 0 Å². The van der Waals surface area contributed by atoms with Crippen molar-refractivity contribution >= 4 is 16.5 Å². The minimum atomic E-state index is -0.215. The van der Waals surface area contributed by atoms with Gasteiger partial charge in [-0.3, -0.25) is 14.3 Å². The molecule has 0 saturated carbocycles. The molecule has 1 aliphatic rings. The van der Waals surface area contributed by atoms with Crippen LogP contribution in [0, 0.1) is 0 Å². The normalized spacial score (nSPS) is 16.8. The van der Waals surface area contributed by atoms with Crippen LogP contribution >= 0.6 is 0 Å². The van der Waals surface area contributed by atoms with E-state index in [1.165, 1.54) is 16.5 Å². The third-order valence-electron chi connectivity index (χ3n) is 3.97. The van der Waals surface area contributed by atoms with Crippen LogP contribution in [-0.2, 0) is 0 Å². The van der Waals surface area contributed by atoms with E-state index in [2.05, 4.69) is 33.0 Å². The Morgan fingerprint density at radius 2 is 1.85 bits per heavy atom. The van der Waals surface area contributed by atoms with Crippen molar-refractivity contribution in [2.75, 3.05) is 44.3 Å². The van der Waals surface area contributed by atoms with Gasteiger partial charge in [-0.25, -0.2) is 0 Å². The van der Waals surface area contributed by atoms with Gasteiger partial charge in [-0.05, 0) is 6.42 Å². The number of piperazine rings is 1. The first kappa shape index (κ1) is 13.3. The zero-order chi connectivity index (χ0) is 13.8. The molecule has 1 aromatic heterocycles. The van der Waals surface area contributed by atoms with E-state index in [1.54, 1.807) is 0 Å². The molecule has 3 nitrogen and oxygen atoms in total. The summed E-state index contributed by atoms with van der Waals surface area (Å²) in [4.78, 5) is 9.08. The van der Waals surface area contributed by atoms with E-state index in [0.29, 0.717) is 6.42 Å². The number of hydrogen-bond donors (Lipinski definition) is 0. The van der Waals surface area contributed by atoms with Crippen molar-refractivity contribution in [1.82, 2.24) is 9.88 Å². The van der Waals surface area contributed by atoms with Gasteiger partial charge in [0.15, 0.2) is 0 Å². The fourth-order valence-corrected chi connectivity index (χ4v) is 2.85. The first-order chi connectivity index (χ1) is 9.88. The van der Waals surface area contributed by atoms with E-state index in [-0.39, 0.29) is 6.67 Å². The average molecular weight is 273 g/mol. The predicted molar refractivity (Wildman–Crippen MR) is 81.0 cm³/mol. The number of hydrogen-bond acceptors (Lipinski definition) is 3. The second-order valence-corrected chi connectivity index (χ2v) is 5.25. The average Bonchev–Trinajstić information content (AvgIpc) is 2.53. The lowest BCUT2D eigenvalue weighted by Crippen LogP contribution is -2.46. The Morgan fingerprint density at radius 1 is 1.05 bits per heavy atom. The van der Waals surface area contributed by atoms with E-state index in [9.17, 15) is 4.39 Å². The van der Waals surface area contributed by atoms with E-state index in [4.69, 9.17) is 0 Å². The van der Waals surface area contributed by atoms with Crippen molar-refractivity contribution < 1.29 is 4.39 Å². The number of pyridine rings is 1. The number of anilines is 1. The maximum atomic E-state index is 12.2. The third-order valence-corrected chi connectivity index (χ3v) is 3.97. The number of nitrogens with zero attached hydrogens (tertiary/aromatic N) is 3. The molecule has 2 heterocycles. The van der Waals surface area contributed by atoms with Crippen LogP contribution in [-0.4, -0.2) is 49.3 Å². The molecule has 1 saturated heterocycles. The zero-order valence-corrected chi connectivity index (χ0v) is 11.6. The smallest absolute Gasteiger partial charge is 0.0906 e. The lowest BCUT2D eigenvalue weighted by atomic mass is 10.1. The van der Waals surface area contributed by atoms with Crippen LogP contribution in [0.4, 0.5) is 10.1 Å². The van der Waals surface area contributed by atoms with Crippen molar-refractivity contribution in [3.8, 4) is 0 Å². The van der Waals surface area contributed by atoms with Crippen LogP contribution in [0.25, 0.3) is 10.8 Å². The lowest BCUT2D eigenvalue weighted by Gasteiger charge is -2.36. The summed E-state index contributed by atoms with van der Waals surface area (Å²) in [5.41, 5.74) is 1.22. The molecule has 3 rings (SSSR count). The molecule has 1 aromatic carbocycles. The molecular formula is C16H20FN3. The zero-order valence-electron chi connectivity index (χ0n) is 11.6. The summed E-state index contributed by atoms with van der Waals surface area (Å²) in [6.45, 7) is 4.64. The summed E-state index contributed by atoms with van der Waals surface area (Å²) in [7, 11) is 0. The molecule has 0 spiro atoms. The van der Waals surface area contributed by atoms with Crippen molar-refractivity contribution in [1.29, 1.82) is 0 Å². The van der Waals surface area contributed by atoms with Gasteiger partial charge in [0, 0.05) is 49.7 Å². The van der Waals surface area contributed by atoms with Gasteiger partial charge in [0.05, 0.1) is 18.6 Å². The first-order valence-corrected chi connectivity index (χ1v) is 7.24. The summed E-state index contributed by atoms with van der Waals surface area (Å²) in [6.07, 6.45) is 4.52. The van der Waals surface area contributed by atoms with Crippen LogP contribution in [0.15, 0.2) is 36.7 Å². The van der Waals surface area contributed by atoms with E-state index >= 15 is 0 Å². The highest BCUT2D eigenvalue weighted by atomic mass is 19.1. The van der Waals surface area contributed by atoms with Gasteiger partial charge in [-0.2, -0.15) is 0 Å². The highest BCUT2D eigenvalue weighted by molar-refractivity contribution is 5.93. The molecule has 0 bridgehead atoms. The Labute approximate surface area is 119 Å².